The molecule has 2 aromatic carbocycles. The number of amides is 1. The highest BCUT2D eigenvalue weighted by molar-refractivity contribution is 7.98. The van der Waals surface area contributed by atoms with Gasteiger partial charge in [-0.15, -0.1) is 0 Å². The summed E-state index contributed by atoms with van der Waals surface area (Å²) in [6.45, 7) is 0. The lowest BCUT2D eigenvalue weighted by atomic mass is 10.0. The molecule has 2 heterocycles. The molecule has 0 bridgehead atoms. The predicted molar refractivity (Wildman–Crippen MR) is 114 cm³/mol. The van der Waals surface area contributed by atoms with Gasteiger partial charge in [0, 0.05) is 28.1 Å². The largest absolute Gasteiger partial charge is 0.306 e. The molecule has 1 N–H and O–H groups in total. The van der Waals surface area contributed by atoms with Gasteiger partial charge in [-0.25, -0.2) is 9.97 Å². The molecule has 0 saturated carbocycles. The Bertz CT molecular complexity index is 1040. The SMILES string of the molecule is O=C1Nc2nc(SCc3ccccc3)ncc2CC/C1=C/c1ccccc1Cl. The fraction of sp³-hybridized carbons (Fsp3) is 0.136. The molecule has 6 heteroatoms. The number of thioether (sulfide) groups is 1. The van der Waals surface area contributed by atoms with Crippen LogP contribution in [0.2, 0.25) is 5.02 Å². The van der Waals surface area contributed by atoms with Crippen LogP contribution < -0.4 is 5.32 Å². The number of aryl methyl sites for hydroxylation is 1. The number of nitrogens with zero attached hydrogens (tertiary/aromatic N) is 2. The summed E-state index contributed by atoms with van der Waals surface area (Å²) in [7, 11) is 0. The molecule has 4 nitrogen and oxygen atoms in total. The van der Waals surface area contributed by atoms with Gasteiger partial charge >= 0.3 is 0 Å². The van der Waals surface area contributed by atoms with Crippen LogP contribution in [0.4, 0.5) is 5.82 Å². The summed E-state index contributed by atoms with van der Waals surface area (Å²) in [5, 5.41) is 4.22. The van der Waals surface area contributed by atoms with Gasteiger partial charge < -0.3 is 5.32 Å². The molecule has 1 amide bonds. The molecule has 0 radical (unpaired) electrons. The minimum atomic E-state index is -0.142. The third kappa shape index (κ3) is 4.43. The lowest BCUT2D eigenvalue weighted by Gasteiger charge is -2.07. The van der Waals surface area contributed by atoms with E-state index in [1.807, 2.05) is 54.7 Å². The van der Waals surface area contributed by atoms with Crippen molar-refractivity contribution in [3.05, 3.63) is 88.1 Å². The van der Waals surface area contributed by atoms with Crippen molar-refractivity contribution in [1.29, 1.82) is 0 Å². The Balaban J connectivity index is 1.51. The van der Waals surface area contributed by atoms with Crippen LogP contribution in [0.1, 0.15) is 23.1 Å². The maximum Gasteiger partial charge on any atom is 0.252 e. The number of benzene rings is 2. The molecule has 0 aliphatic carbocycles. The summed E-state index contributed by atoms with van der Waals surface area (Å²) in [6, 6.07) is 17.7. The van der Waals surface area contributed by atoms with Crippen molar-refractivity contribution >= 4 is 41.2 Å². The highest BCUT2D eigenvalue weighted by atomic mass is 35.5. The Labute approximate surface area is 173 Å². The number of fused-ring (bicyclic) bond motifs is 1. The summed E-state index contributed by atoms with van der Waals surface area (Å²) in [4.78, 5) is 21.7. The number of hydrogen-bond donors (Lipinski definition) is 1. The maximum absolute atomic E-state index is 12.7. The first-order chi connectivity index (χ1) is 13.7. The van der Waals surface area contributed by atoms with Crippen LogP contribution in [-0.2, 0) is 17.0 Å². The minimum absolute atomic E-state index is 0.142. The van der Waals surface area contributed by atoms with E-state index in [-0.39, 0.29) is 5.91 Å². The van der Waals surface area contributed by atoms with Gasteiger partial charge in [0.05, 0.1) is 0 Å². The second-order valence-corrected chi connectivity index (χ2v) is 7.80. The fourth-order valence-corrected chi connectivity index (χ4v) is 3.92. The summed E-state index contributed by atoms with van der Waals surface area (Å²) < 4.78 is 0. The second-order valence-electron chi connectivity index (χ2n) is 6.45. The van der Waals surface area contributed by atoms with E-state index in [0.717, 1.165) is 16.9 Å². The number of aromatic nitrogens is 2. The van der Waals surface area contributed by atoms with Crippen LogP contribution in [0, 0.1) is 0 Å². The zero-order valence-corrected chi connectivity index (χ0v) is 16.6. The molecule has 0 unspecified atom stereocenters. The van der Waals surface area contributed by atoms with E-state index in [1.165, 1.54) is 5.56 Å². The van der Waals surface area contributed by atoms with Crippen LogP contribution in [-0.4, -0.2) is 15.9 Å². The summed E-state index contributed by atoms with van der Waals surface area (Å²) >= 11 is 7.78. The quantitative estimate of drug-likeness (QED) is 0.358. The third-order valence-electron chi connectivity index (χ3n) is 4.48. The molecular formula is C22H18ClN3OS. The number of carbonyl (C=O) groups excluding carboxylic acids is 1. The van der Waals surface area contributed by atoms with Crippen molar-refractivity contribution in [3.8, 4) is 0 Å². The molecule has 4 rings (SSSR count). The van der Waals surface area contributed by atoms with Crippen molar-refractivity contribution in [1.82, 2.24) is 9.97 Å². The molecule has 0 saturated heterocycles. The van der Waals surface area contributed by atoms with Crippen LogP contribution >= 0.6 is 23.4 Å². The topological polar surface area (TPSA) is 54.9 Å². The molecule has 0 spiro atoms. The van der Waals surface area contributed by atoms with Gasteiger partial charge in [-0.2, -0.15) is 0 Å². The smallest absolute Gasteiger partial charge is 0.252 e. The van der Waals surface area contributed by atoms with Crippen LogP contribution in [0.15, 0.2) is 71.5 Å². The second kappa shape index (κ2) is 8.59. The molecular weight excluding hydrogens is 390 g/mol. The number of nitrogens with one attached hydrogen (secondary N) is 1. The van der Waals surface area contributed by atoms with Crippen molar-refractivity contribution in [2.75, 3.05) is 5.32 Å². The van der Waals surface area contributed by atoms with Gasteiger partial charge in [0.25, 0.3) is 5.91 Å². The Morgan fingerprint density at radius 2 is 1.86 bits per heavy atom. The Morgan fingerprint density at radius 3 is 2.68 bits per heavy atom. The molecule has 3 aromatic rings. The molecule has 28 heavy (non-hydrogen) atoms. The van der Waals surface area contributed by atoms with Crippen LogP contribution in [0.25, 0.3) is 6.08 Å². The summed E-state index contributed by atoms with van der Waals surface area (Å²) in [5.74, 6) is 1.24. The molecule has 1 aliphatic heterocycles. The molecule has 0 atom stereocenters. The molecule has 140 valence electrons. The normalized spacial score (nSPS) is 15.0. The lowest BCUT2D eigenvalue weighted by molar-refractivity contribution is -0.112. The minimum Gasteiger partial charge on any atom is -0.306 e. The van der Waals surface area contributed by atoms with Crippen molar-refractivity contribution in [2.24, 2.45) is 0 Å². The first-order valence-corrected chi connectivity index (χ1v) is 10.3. The highest BCUT2D eigenvalue weighted by Crippen LogP contribution is 2.28. The number of carbonyl (C=O) groups is 1. The van der Waals surface area contributed by atoms with Crippen molar-refractivity contribution in [2.45, 2.75) is 23.8 Å². The van der Waals surface area contributed by atoms with Crippen LogP contribution in [0.5, 0.6) is 0 Å². The van der Waals surface area contributed by atoms with Gasteiger partial charge in [0.15, 0.2) is 5.16 Å². The monoisotopic (exact) mass is 407 g/mol. The number of rotatable bonds is 4. The first kappa shape index (κ1) is 18.7. The Morgan fingerprint density at radius 1 is 1.07 bits per heavy atom. The highest BCUT2D eigenvalue weighted by Gasteiger charge is 2.20. The Kier molecular flexibility index (Phi) is 5.74. The lowest BCUT2D eigenvalue weighted by Crippen LogP contribution is -2.14. The summed E-state index contributed by atoms with van der Waals surface area (Å²) in [5.41, 5.74) is 3.68. The summed E-state index contributed by atoms with van der Waals surface area (Å²) in [6.07, 6.45) is 4.98. The maximum atomic E-state index is 12.7. The average Bonchev–Trinajstić information content (AvgIpc) is 2.87. The zero-order valence-electron chi connectivity index (χ0n) is 15.1. The molecule has 1 aliphatic rings. The van der Waals surface area contributed by atoms with Crippen molar-refractivity contribution < 1.29 is 4.79 Å². The predicted octanol–water partition coefficient (Wildman–Crippen LogP) is 5.39. The van der Waals surface area contributed by atoms with Gasteiger partial charge in [-0.3, -0.25) is 4.79 Å². The van der Waals surface area contributed by atoms with E-state index >= 15 is 0 Å². The van der Waals surface area contributed by atoms with Gasteiger partial charge in [0.1, 0.15) is 5.82 Å². The average molecular weight is 408 g/mol. The van der Waals surface area contributed by atoms with E-state index in [2.05, 4.69) is 27.4 Å². The van der Waals surface area contributed by atoms with E-state index < -0.39 is 0 Å². The van der Waals surface area contributed by atoms with Crippen molar-refractivity contribution in [3.63, 3.8) is 0 Å². The van der Waals surface area contributed by atoms with Gasteiger partial charge in [-0.05, 0) is 36.1 Å². The first-order valence-electron chi connectivity index (χ1n) is 8.98. The van der Waals surface area contributed by atoms with E-state index in [4.69, 9.17) is 11.6 Å². The number of hydrogen-bond acceptors (Lipinski definition) is 4. The molecule has 1 aromatic heterocycles. The fourth-order valence-electron chi connectivity index (χ4n) is 2.96. The standard InChI is InChI=1S/C22H18ClN3OS/c23-19-9-5-4-8-16(19)12-17-10-11-18-13-24-22(26-20(18)25-21(17)27)28-14-15-6-2-1-3-7-15/h1-9,12-13H,10-11,14H2,(H,24,25,26,27)/b17-12-. The van der Waals surface area contributed by atoms with Crippen LogP contribution in [0.3, 0.4) is 0 Å². The zero-order chi connectivity index (χ0) is 19.3. The number of halogens is 1. The number of anilines is 1. The van der Waals surface area contributed by atoms with Gasteiger partial charge in [0.2, 0.25) is 0 Å². The van der Waals surface area contributed by atoms with E-state index in [0.29, 0.717) is 34.4 Å². The van der Waals surface area contributed by atoms with Gasteiger partial charge in [-0.1, -0.05) is 71.9 Å². The third-order valence-corrected chi connectivity index (χ3v) is 5.75. The van der Waals surface area contributed by atoms with E-state index in [1.54, 1.807) is 11.8 Å². The van der Waals surface area contributed by atoms with E-state index in [9.17, 15) is 4.79 Å². The molecule has 0 fully saturated rings. The Hall–Kier alpha value is -2.63.